The first kappa shape index (κ1) is 31.3. The van der Waals surface area contributed by atoms with E-state index in [0.717, 1.165) is 42.1 Å². The maximum atomic E-state index is 14.0. The second-order valence-corrected chi connectivity index (χ2v) is 12.5. The minimum absolute atomic E-state index is 0.0268. The minimum atomic E-state index is -4.29. The number of hydrogen-bond acceptors (Lipinski definition) is 5. The Labute approximate surface area is 251 Å². The lowest BCUT2D eigenvalue weighted by atomic mass is 10.1. The van der Waals surface area contributed by atoms with Gasteiger partial charge in [0.25, 0.3) is 10.0 Å². The molecule has 0 heterocycles. The number of benzene rings is 3. The van der Waals surface area contributed by atoms with E-state index in [1.807, 2.05) is 6.92 Å². The molecule has 3 aromatic carbocycles. The van der Waals surface area contributed by atoms with Gasteiger partial charge in [-0.25, -0.2) is 12.8 Å². The molecule has 1 aliphatic carbocycles. The molecule has 0 aromatic heterocycles. The van der Waals surface area contributed by atoms with E-state index in [4.69, 9.17) is 16.3 Å². The first-order valence-corrected chi connectivity index (χ1v) is 15.8. The van der Waals surface area contributed by atoms with Gasteiger partial charge in [0.1, 0.15) is 24.2 Å². The van der Waals surface area contributed by atoms with Gasteiger partial charge in [0.2, 0.25) is 11.8 Å². The number of rotatable bonds is 12. The lowest BCUT2D eigenvalue weighted by Gasteiger charge is -2.32. The molecule has 0 radical (unpaired) electrons. The molecule has 4 rings (SSSR count). The molecule has 1 aliphatic rings. The Morgan fingerprint density at radius 1 is 1.05 bits per heavy atom. The SMILES string of the molecule is CCOc1ccc(S(=O)(=O)N(CC(=O)N(Cc2cccc(Cl)c2)[C@@H](C)C(=O)NC2CCCC2)c2ccc(F)cc2)cc1. The van der Waals surface area contributed by atoms with Crippen molar-refractivity contribution < 1.29 is 27.1 Å². The average molecular weight is 616 g/mol. The number of nitrogens with zero attached hydrogens (tertiary/aromatic N) is 2. The fourth-order valence-corrected chi connectivity index (χ4v) is 6.57. The van der Waals surface area contributed by atoms with E-state index in [0.29, 0.717) is 22.9 Å². The van der Waals surface area contributed by atoms with Crippen molar-refractivity contribution in [1.82, 2.24) is 10.2 Å². The Bertz CT molecular complexity index is 1480. The fraction of sp³-hybridized carbons (Fsp3) is 0.355. The Balaban J connectivity index is 1.67. The van der Waals surface area contributed by atoms with Crippen LogP contribution in [0.1, 0.15) is 45.1 Å². The number of anilines is 1. The molecule has 1 atom stereocenters. The quantitative estimate of drug-likeness (QED) is 0.288. The number of hydrogen-bond donors (Lipinski definition) is 1. The Hall–Kier alpha value is -3.63. The summed E-state index contributed by atoms with van der Waals surface area (Å²) in [5, 5.41) is 3.50. The zero-order chi connectivity index (χ0) is 30.3. The molecule has 1 fully saturated rings. The van der Waals surface area contributed by atoms with Crippen molar-refractivity contribution in [3.63, 3.8) is 0 Å². The molecular formula is C31H35ClFN3O5S. The van der Waals surface area contributed by atoms with Gasteiger partial charge in [0, 0.05) is 17.6 Å². The van der Waals surface area contributed by atoms with Crippen LogP contribution in [0.25, 0.3) is 0 Å². The van der Waals surface area contributed by atoms with Crippen molar-refractivity contribution in [2.75, 3.05) is 17.5 Å². The Morgan fingerprint density at radius 3 is 2.33 bits per heavy atom. The van der Waals surface area contributed by atoms with Gasteiger partial charge in [0.05, 0.1) is 17.2 Å². The van der Waals surface area contributed by atoms with Crippen LogP contribution in [-0.2, 0) is 26.2 Å². The highest BCUT2D eigenvalue weighted by Crippen LogP contribution is 2.27. The smallest absolute Gasteiger partial charge is 0.264 e. The topological polar surface area (TPSA) is 96.0 Å². The summed E-state index contributed by atoms with van der Waals surface area (Å²) < 4.78 is 48.0. The maximum Gasteiger partial charge on any atom is 0.264 e. The van der Waals surface area contributed by atoms with Crippen LogP contribution in [0.4, 0.5) is 10.1 Å². The van der Waals surface area contributed by atoms with E-state index in [1.54, 1.807) is 31.2 Å². The first-order chi connectivity index (χ1) is 20.1. The van der Waals surface area contributed by atoms with E-state index < -0.39 is 34.3 Å². The van der Waals surface area contributed by atoms with Crippen molar-refractivity contribution in [3.8, 4) is 5.75 Å². The van der Waals surface area contributed by atoms with Crippen LogP contribution < -0.4 is 14.4 Å². The number of sulfonamides is 1. The minimum Gasteiger partial charge on any atom is -0.494 e. The molecule has 2 amide bonds. The van der Waals surface area contributed by atoms with E-state index in [2.05, 4.69) is 5.32 Å². The lowest BCUT2D eigenvalue weighted by Crippen LogP contribution is -2.52. The van der Waals surface area contributed by atoms with Crippen molar-refractivity contribution in [3.05, 3.63) is 89.2 Å². The summed E-state index contributed by atoms with van der Waals surface area (Å²) in [5.41, 5.74) is 0.781. The molecule has 3 aromatic rings. The van der Waals surface area contributed by atoms with E-state index >= 15 is 0 Å². The zero-order valence-electron chi connectivity index (χ0n) is 23.6. The largest absolute Gasteiger partial charge is 0.494 e. The van der Waals surface area contributed by atoms with Crippen LogP contribution in [0.2, 0.25) is 5.02 Å². The normalized spacial score (nSPS) is 14.3. The van der Waals surface area contributed by atoms with Crippen molar-refractivity contribution in [2.24, 2.45) is 0 Å². The summed E-state index contributed by atoms with van der Waals surface area (Å²) in [5.74, 6) is -0.984. The molecule has 0 saturated heterocycles. The number of carbonyl (C=O) groups excluding carboxylic acids is 2. The van der Waals surface area contributed by atoms with E-state index in [-0.39, 0.29) is 29.1 Å². The van der Waals surface area contributed by atoms with Crippen LogP contribution in [0.3, 0.4) is 0 Å². The maximum absolute atomic E-state index is 14.0. The van der Waals surface area contributed by atoms with E-state index in [9.17, 15) is 22.4 Å². The summed E-state index contributed by atoms with van der Waals surface area (Å²) in [6.07, 6.45) is 3.81. The highest BCUT2D eigenvalue weighted by atomic mass is 35.5. The van der Waals surface area contributed by atoms with Gasteiger partial charge in [-0.3, -0.25) is 13.9 Å². The van der Waals surface area contributed by atoms with Crippen LogP contribution in [0.15, 0.2) is 77.7 Å². The second kappa shape index (κ2) is 14.0. The van der Waals surface area contributed by atoms with E-state index in [1.165, 1.54) is 41.3 Å². The van der Waals surface area contributed by atoms with Crippen molar-refractivity contribution >= 4 is 39.1 Å². The molecule has 11 heteroatoms. The van der Waals surface area contributed by atoms with Crippen LogP contribution in [0, 0.1) is 5.82 Å². The van der Waals surface area contributed by atoms with Crippen LogP contribution >= 0.6 is 11.6 Å². The molecule has 8 nitrogen and oxygen atoms in total. The third-order valence-corrected chi connectivity index (χ3v) is 9.25. The van der Waals surface area contributed by atoms with Gasteiger partial charge >= 0.3 is 0 Å². The number of halogens is 2. The summed E-state index contributed by atoms with van der Waals surface area (Å²) in [6.45, 7) is 3.26. The third-order valence-electron chi connectivity index (χ3n) is 7.23. The van der Waals surface area contributed by atoms with Gasteiger partial charge < -0.3 is 15.0 Å². The predicted molar refractivity (Wildman–Crippen MR) is 160 cm³/mol. The Morgan fingerprint density at radius 2 is 1.71 bits per heavy atom. The molecule has 1 saturated carbocycles. The van der Waals surface area contributed by atoms with Crippen LogP contribution in [0.5, 0.6) is 5.75 Å². The van der Waals surface area contributed by atoms with Crippen molar-refractivity contribution in [1.29, 1.82) is 0 Å². The standard InChI is InChI=1S/C31H35ClFN3O5S/c1-3-41-28-15-17-29(18-16-28)42(39,40)36(27-13-11-25(33)12-14-27)21-30(37)35(20-23-7-6-8-24(32)19-23)22(2)31(38)34-26-9-4-5-10-26/h6-8,11-19,22,26H,3-5,9-10,20-21H2,1-2H3,(H,34,38)/t22-/m0/s1. The molecule has 0 bridgehead atoms. The van der Waals surface area contributed by atoms with Crippen molar-refractivity contribution in [2.45, 2.75) is 63.1 Å². The average Bonchev–Trinajstić information content (AvgIpc) is 3.48. The highest BCUT2D eigenvalue weighted by molar-refractivity contribution is 7.92. The van der Waals surface area contributed by atoms with Gasteiger partial charge in [-0.1, -0.05) is 36.6 Å². The third kappa shape index (κ3) is 7.80. The highest BCUT2D eigenvalue weighted by Gasteiger charge is 2.33. The lowest BCUT2D eigenvalue weighted by molar-refractivity contribution is -0.139. The molecular weight excluding hydrogens is 581 g/mol. The zero-order valence-corrected chi connectivity index (χ0v) is 25.2. The molecule has 224 valence electrons. The summed E-state index contributed by atoms with van der Waals surface area (Å²) >= 11 is 6.19. The van der Waals surface area contributed by atoms with Gasteiger partial charge in [-0.15, -0.1) is 0 Å². The second-order valence-electron chi connectivity index (χ2n) is 10.2. The molecule has 42 heavy (non-hydrogen) atoms. The van der Waals surface area contributed by atoms with Gasteiger partial charge in [0.15, 0.2) is 0 Å². The Kier molecular flexibility index (Phi) is 10.5. The molecule has 0 spiro atoms. The first-order valence-electron chi connectivity index (χ1n) is 13.9. The molecule has 0 unspecified atom stereocenters. The van der Waals surface area contributed by atoms with Gasteiger partial charge in [-0.05, 0) is 92.9 Å². The van der Waals surface area contributed by atoms with Gasteiger partial charge in [-0.2, -0.15) is 0 Å². The summed E-state index contributed by atoms with van der Waals surface area (Å²) in [4.78, 5) is 28.6. The fourth-order valence-electron chi connectivity index (χ4n) is 4.94. The monoisotopic (exact) mass is 615 g/mol. The number of nitrogens with one attached hydrogen (secondary N) is 1. The van der Waals surface area contributed by atoms with Crippen LogP contribution in [-0.4, -0.2) is 50.4 Å². The number of ether oxygens (including phenoxy) is 1. The summed E-state index contributed by atoms with van der Waals surface area (Å²) in [7, 11) is -4.29. The molecule has 0 aliphatic heterocycles. The number of amides is 2. The summed E-state index contributed by atoms with van der Waals surface area (Å²) in [6, 6.07) is 16.7. The molecule has 1 N–H and O–H groups in total. The number of carbonyl (C=O) groups is 2. The predicted octanol–water partition coefficient (Wildman–Crippen LogP) is 5.55.